The van der Waals surface area contributed by atoms with Crippen LogP contribution in [0.4, 0.5) is 0 Å². The van der Waals surface area contributed by atoms with Crippen molar-refractivity contribution in [2.75, 3.05) is 0 Å². The maximum Gasteiger partial charge on any atom is 0 e. The first-order chi connectivity index (χ1) is 1.73. The second kappa shape index (κ2) is 36.2. The van der Waals surface area contributed by atoms with Gasteiger partial charge in [-0.1, -0.05) is 0 Å². The molecule has 0 bridgehead atoms. The summed E-state index contributed by atoms with van der Waals surface area (Å²) >= 11 is 0. The summed E-state index contributed by atoms with van der Waals surface area (Å²) in [5.41, 5.74) is 0. The fourth-order valence-electron chi connectivity index (χ4n) is 0. The van der Waals surface area contributed by atoms with Crippen LogP contribution in [0.2, 0.25) is 0 Å². The summed E-state index contributed by atoms with van der Waals surface area (Å²) in [6, 6.07) is 0. The monoisotopic (exact) mass is 1490 g/mol. The summed E-state index contributed by atoms with van der Waals surface area (Å²) in [7, 11) is 0. The molecule has 0 radical (unpaired) electrons. The number of rotatable bonds is 0. The molecule has 0 rings (SSSR count). The van der Waals surface area contributed by atoms with Gasteiger partial charge < -0.3 is 5.92 Å². The van der Waals surface area contributed by atoms with Crippen molar-refractivity contribution in [3.8, 4) is 0 Å². The topological polar surface area (TPSA) is 0 Å². The van der Waals surface area contributed by atoms with Crippen LogP contribution in [0, 0.1) is 193 Å². The molecule has 0 aliphatic heterocycles. The first-order valence-electron chi connectivity index (χ1n) is 1.50. The SMILES string of the molecule is C[C-](C)C.[U].[U].[U].[U].[U].[U]. The van der Waals surface area contributed by atoms with Crippen molar-refractivity contribution < 1.29 is 187 Å². The van der Waals surface area contributed by atoms with Gasteiger partial charge in [0.15, 0.2) is 0 Å². The van der Waals surface area contributed by atoms with Gasteiger partial charge in [0.2, 0.25) is 0 Å². The molecule has 10 heavy (non-hydrogen) atoms. The third kappa shape index (κ3) is 63.7. The van der Waals surface area contributed by atoms with Gasteiger partial charge in [0, 0.05) is 187 Å². The Morgan fingerprint density at radius 1 is 0.500 bits per heavy atom. The molecule has 0 saturated carbocycles. The fourth-order valence-corrected chi connectivity index (χ4v) is 0. The molecule has 0 saturated heterocycles. The van der Waals surface area contributed by atoms with Gasteiger partial charge >= 0.3 is 0 Å². The van der Waals surface area contributed by atoms with Crippen molar-refractivity contribution in [3.05, 3.63) is 5.92 Å². The van der Waals surface area contributed by atoms with Crippen LogP contribution in [0.15, 0.2) is 0 Å². The van der Waals surface area contributed by atoms with Crippen LogP contribution < -0.4 is 0 Å². The molecule has 0 unspecified atom stereocenters. The Hall–Kier alpha value is 6.31. The van der Waals surface area contributed by atoms with E-state index >= 15 is 0 Å². The van der Waals surface area contributed by atoms with Gasteiger partial charge in [-0.05, 0) is 0 Å². The van der Waals surface area contributed by atoms with E-state index in [9.17, 15) is 0 Å². The molecule has 0 nitrogen and oxygen atoms in total. The van der Waals surface area contributed by atoms with Gasteiger partial charge in [-0.15, -0.1) is 0 Å². The fraction of sp³-hybridized carbons (Fsp3) is 0.750. The predicted octanol–water partition coefficient (Wildman–Crippen LogP) is 1.62. The van der Waals surface area contributed by atoms with E-state index in [2.05, 4.69) is 20.8 Å². The molecule has 0 atom stereocenters. The van der Waals surface area contributed by atoms with Crippen molar-refractivity contribution in [3.63, 3.8) is 0 Å². The second-order valence-corrected chi connectivity index (χ2v) is 1.50. The molecule has 6 heteroatoms. The van der Waals surface area contributed by atoms with Crippen LogP contribution in [0.1, 0.15) is 20.8 Å². The summed E-state index contributed by atoms with van der Waals surface area (Å²) in [4.78, 5) is 0. The summed E-state index contributed by atoms with van der Waals surface area (Å²) in [5.74, 6) is 1.42. The summed E-state index contributed by atoms with van der Waals surface area (Å²) in [5, 5.41) is 0. The van der Waals surface area contributed by atoms with E-state index in [1.54, 1.807) is 0 Å². The summed E-state index contributed by atoms with van der Waals surface area (Å²) < 4.78 is 0. The molecule has 0 heterocycles. The first kappa shape index (κ1) is 44.1. The van der Waals surface area contributed by atoms with Gasteiger partial charge in [-0.2, -0.15) is 20.8 Å². The Balaban J connectivity index is -0.00000000300. The van der Waals surface area contributed by atoms with Crippen LogP contribution in [-0.4, -0.2) is 0 Å². The molecule has 0 aromatic rings. The minimum absolute atomic E-state index is 0. The molecule has 0 aromatic carbocycles. The van der Waals surface area contributed by atoms with E-state index < -0.39 is 0 Å². The molecule has 0 fully saturated rings. The quantitative estimate of drug-likeness (QED) is 0.325. The van der Waals surface area contributed by atoms with Crippen molar-refractivity contribution in [1.29, 1.82) is 0 Å². The van der Waals surface area contributed by atoms with Gasteiger partial charge in [-0.3, -0.25) is 0 Å². The van der Waals surface area contributed by atoms with Crippen LogP contribution >= 0.6 is 0 Å². The Labute approximate surface area is 207 Å². The summed E-state index contributed by atoms with van der Waals surface area (Å²) in [6.07, 6.45) is 0. The minimum atomic E-state index is 0. The Morgan fingerprint density at radius 3 is 0.500 bits per heavy atom. The Bertz CT molecular complexity index is 14.5. The second-order valence-electron chi connectivity index (χ2n) is 1.50. The van der Waals surface area contributed by atoms with Crippen LogP contribution in [0.3, 0.4) is 0 Å². The normalized spacial score (nSPS) is 3.60. The Morgan fingerprint density at radius 2 is 0.500 bits per heavy atom. The molecular weight excluding hydrogens is 1480 g/mol. The first-order valence-corrected chi connectivity index (χ1v) is 1.50. The Kier molecular flexibility index (Phi) is 160. The van der Waals surface area contributed by atoms with Crippen LogP contribution in [-0.2, 0) is 0 Å². The maximum absolute atomic E-state index is 2.08. The van der Waals surface area contributed by atoms with Crippen LogP contribution in [0.5, 0.6) is 0 Å². The number of hydrogen-bond donors (Lipinski definition) is 0. The number of hydrogen-bond acceptors (Lipinski definition) is 0. The molecule has 0 aromatic heterocycles. The van der Waals surface area contributed by atoms with Crippen molar-refractivity contribution in [2.24, 2.45) is 0 Å². The van der Waals surface area contributed by atoms with Crippen molar-refractivity contribution in [1.82, 2.24) is 0 Å². The molecular formula is C4H9U6-. The maximum atomic E-state index is 2.08. The molecule has 0 spiro atoms. The molecule has 50 valence electrons. The molecule has 0 aliphatic carbocycles. The van der Waals surface area contributed by atoms with Gasteiger partial charge in [0.05, 0.1) is 0 Å². The summed E-state index contributed by atoms with van der Waals surface area (Å²) in [6.45, 7) is 6.25. The van der Waals surface area contributed by atoms with E-state index in [0.717, 1.165) is 0 Å². The van der Waals surface area contributed by atoms with E-state index in [0.29, 0.717) is 0 Å². The predicted molar refractivity (Wildman–Crippen MR) is 20.3 cm³/mol. The zero-order chi connectivity index (χ0) is 3.58. The van der Waals surface area contributed by atoms with E-state index in [1.165, 1.54) is 5.92 Å². The third-order valence-electron chi connectivity index (χ3n) is 0. The largest absolute Gasteiger partial charge is 0.323 e. The molecule has 0 amide bonds. The standard InChI is InChI=1S/C4H9.6U/c1-4(2)3;;;;;;/h1-3H3;;;;;;/q-1;;;;;;. The van der Waals surface area contributed by atoms with Gasteiger partial charge in [0.25, 0.3) is 0 Å². The van der Waals surface area contributed by atoms with Crippen molar-refractivity contribution in [2.45, 2.75) is 20.8 Å². The average Bonchev–Trinajstić information content (AvgIpc) is 0.811. The minimum Gasteiger partial charge on any atom is -0.323 e. The van der Waals surface area contributed by atoms with Gasteiger partial charge in [-0.25, -0.2) is 0 Å². The zero-order valence-electron chi connectivity index (χ0n) is 6.50. The van der Waals surface area contributed by atoms with E-state index in [4.69, 9.17) is 0 Å². The third-order valence-corrected chi connectivity index (χ3v) is 0. The average molecular weight is 1490 g/mol. The van der Waals surface area contributed by atoms with E-state index in [1.807, 2.05) is 0 Å². The molecule has 0 aliphatic rings. The van der Waals surface area contributed by atoms with E-state index in [-0.39, 0.29) is 187 Å². The molecule has 0 N–H and O–H groups in total. The van der Waals surface area contributed by atoms with Crippen molar-refractivity contribution >= 4 is 0 Å². The zero-order valence-corrected chi connectivity index (χ0v) is 31.5. The van der Waals surface area contributed by atoms with Crippen LogP contribution in [0.25, 0.3) is 0 Å². The van der Waals surface area contributed by atoms with Gasteiger partial charge in [0.1, 0.15) is 0 Å². The smallest absolute Gasteiger partial charge is 0 e.